The molecule has 0 radical (unpaired) electrons. The van der Waals surface area contributed by atoms with E-state index in [0.717, 1.165) is 44.1 Å². The summed E-state index contributed by atoms with van der Waals surface area (Å²) in [6, 6.07) is 4.01. The van der Waals surface area contributed by atoms with E-state index in [1.165, 1.54) is 12.0 Å². The van der Waals surface area contributed by atoms with Gasteiger partial charge in [-0.05, 0) is 37.4 Å². The first kappa shape index (κ1) is 12.3. The fourth-order valence-electron chi connectivity index (χ4n) is 2.40. The van der Waals surface area contributed by atoms with Gasteiger partial charge in [0.05, 0.1) is 0 Å². The maximum atomic E-state index is 5.33. The van der Waals surface area contributed by atoms with Gasteiger partial charge in [0, 0.05) is 31.3 Å². The number of hydrogen-bond donors (Lipinski definition) is 1. The minimum Gasteiger partial charge on any atom is -0.339 e. The van der Waals surface area contributed by atoms with Gasteiger partial charge in [-0.2, -0.15) is 4.98 Å². The largest absolute Gasteiger partial charge is 0.339 e. The fraction of sp³-hybridized carbons (Fsp3) is 0.500. The Hall–Kier alpha value is -1.75. The smallest absolute Gasteiger partial charge is 0.226 e. The Bertz CT molecular complexity index is 505. The lowest BCUT2D eigenvalue weighted by Crippen LogP contribution is -2.28. The van der Waals surface area contributed by atoms with E-state index >= 15 is 0 Å². The Morgan fingerprint density at radius 2 is 2.37 bits per heavy atom. The van der Waals surface area contributed by atoms with Gasteiger partial charge in [-0.15, -0.1) is 0 Å². The molecule has 19 heavy (non-hydrogen) atoms. The Labute approximate surface area is 112 Å². The molecule has 1 saturated heterocycles. The standard InChI is InChI=1S/C14H18N4O/c1-3-11(9-15-7-1)5-6-13-17-14(18-19-13)12-4-2-8-16-10-12/h1,3,7,9,12,16H,2,4-6,8,10H2. The molecule has 1 fully saturated rings. The molecule has 0 aliphatic carbocycles. The van der Waals surface area contributed by atoms with Crippen LogP contribution in [0.3, 0.4) is 0 Å². The number of rotatable bonds is 4. The molecule has 0 bridgehead atoms. The summed E-state index contributed by atoms with van der Waals surface area (Å²) in [5, 5.41) is 7.48. The molecule has 5 nitrogen and oxygen atoms in total. The van der Waals surface area contributed by atoms with Crippen molar-refractivity contribution in [1.29, 1.82) is 0 Å². The van der Waals surface area contributed by atoms with Crippen LogP contribution in [0.15, 0.2) is 29.0 Å². The highest BCUT2D eigenvalue weighted by Gasteiger charge is 2.20. The molecule has 2 aromatic rings. The molecule has 2 aromatic heterocycles. The van der Waals surface area contributed by atoms with Gasteiger partial charge in [0.1, 0.15) is 0 Å². The Morgan fingerprint density at radius 1 is 1.37 bits per heavy atom. The zero-order chi connectivity index (χ0) is 12.9. The van der Waals surface area contributed by atoms with E-state index in [9.17, 15) is 0 Å². The second-order valence-corrected chi connectivity index (χ2v) is 4.95. The summed E-state index contributed by atoms with van der Waals surface area (Å²) in [7, 11) is 0. The van der Waals surface area contributed by atoms with E-state index < -0.39 is 0 Å². The SMILES string of the molecule is c1cncc(CCc2nc(C3CCCNC3)no2)c1. The predicted molar refractivity (Wildman–Crippen MR) is 70.8 cm³/mol. The van der Waals surface area contributed by atoms with Crippen LogP contribution in [0.4, 0.5) is 0 Å². The van der Waals surface area contributed by atoms with Gasteiger partial charge in [-0.1, -0.05) is 11.2 Å². The summed E-state index contributed by atoms with van der Waals surface area (Å²) in [6.07, 6.45) is 7.66. The summed E-state index contributed by atoms with van der Waals surface area (Å²) >= 11 is 0. The lowest BCUT2D eigenvalue weighted by molar-refractivity contribution is 0.361. The summed E-state index contributed by atoms with van der Waals surface area (Å²) in [5.41, 5.74) is 1.20. The fourth-order valence-corrected chi connectivity index (χ4v) is 2.40. The minimum absolute atomic E-state index is 0.407. The summed E-state index contributed by atoms with van der Waals surface area (Å²) < 4.78 is 5.33. The van der Waals surface area contributed by atoms with E-state index in [0.29, 0.717) is 5.92 Å². The second kappa shape index (κ2) is 5.93. The quantitative estimate of drug-likeness (QED) is 0.904. The van der Waals surface area contributed by atoms with Gasteiger partial charge in [0.15, 0.2) is 5.82 Å². The van der Waals surface area contributed by atoms with Crippen molar-refractivity contribution in [1.82, 2.24) is 20.4 Å². The van der Waals surface area contributed by atoms with E-state index in [2.05, 4.69) is 26.5 Å². The van der Waals surface area contributed by atoms with Crippen LogP contribution in [-0.4, -0.2) is 28.2 Å². The van der Waals surface area contributed by atoms with Crippen molar-refractivity contribution in [2.45, 2.75) is 31.6 Å². The van der Waals surface area contributed by atoms with Gasteiger partial charge >= 0.3 is 0 Å². The molecule has 3 rings (SSSR count). The Balaban J connectivity index is 1.58. The highest BCUT2D eigenvalue weighted by atomic mass is 16.5. The number of pyridine rings is 1. The molecule has 5 heteroatoms. The molecule has 0 spiro atoms. The zero-order valence-electron chi connectivity index (χ0n) is 10.9. The molecule has 3 heterocycles. The maximum Gasteiger partial charge on any atom is 0.226 e. The van der Waals surface area contributed by atoms with E-state index in [-0.39, 0.29) is 0 Å². The lowest BCUT2D eigenvalue weighted by atomic mass is 9.99. The third kappa shape index (κ3) is 3.17. The van der Waals surface area contributed by atoms with Crippen molar-refractivity contribution in [2.24, 2.45) is 0 Å². The third-order valence-electron chi connectivity index (χ3n) is 3.50. The molecular weight excluding hydrogens is 240 g/mol. The molecule has 1 atom stereocenters. The van der Waals surface area contributed by atoms with Gasteiger partial charge in [0.25, 0.3) is 0 Å². The number of hydrogen-bond acceptors (Lipinski definition) is 5. The van der Waals surface area contributed by atoms with Crippen LogP contribution in [0, 0.1) is 0 Å². The number of aryl methyl sites for hydroxylation is 2. The van der Waals surface area contributed by atoms with Crippen LogP contribution in [-0.2, 0) is 12.8 Å². The highest BCUT2D eigenvalue weighted by molar-refractivity contribution is 5.09. The molecule has 0 saturated carbocycles. The minimum atomic E-state index is 0.407. The molecule has 1 unspecified atom stereocenters. The van der Waals surface area contributed by atoms with E-state index in [1.54, 1.807) is 6.20 Å². The predicted octanol–water partition coefficient (Wildman–Crippen LogP) is 1.72. The monoisotopic (exact) mass is 258 g/mol. The van der Waals surface area contributed by atoms with Crippen LogP contribution >= 0.6 is 0 Å². The molecule has 0 amide bonds. The van der Waals surface area contributed by atoms with Gasteiger partial charge in [0.2, 0.25) is 5.89 Å². The highest BCUT2D eigenvalue weighted by Crippen LogP contribution is 2.20. The summed E-state index contributed by atoms with van der Waals surface area (Å²) in [5.74, 6) is 1.99. The van der Waals surface area contributed by atoms with Crippen LogP contribution in [0.1, 0.15) is 36.0 Å². The van der Waals surface area contributed by atoms with Crippen LogP contribution in [0.5, 0.6) is 0 Å². The number of nitrogens with zero attached hydrogens (tertiary/aromatic N) is 3. The van der Waals surface area contributed by atoms with Gasteiger partial charge < -0.3 is 9.84 Å². The maximum absolute atomic E-state index is 5.33. The van der Waals surface area contributed by atoms with E-state index in [1.807, 2.05) is 12.3 Å². The normalized spacial score (nSPS) is 19.5. The first-order valence-electron chi connectivity index (χ1n) is 6.84. The Kier molecular flexibility index (Phi) is 3.83. The number of aromatic nitrogens is 3. The lowest BCUT2D eigenvalue weighted by Gasteiger charge is -2.19. The molecule has 100 valence electrons. The average molecular weight is 258 g/mol. The molecule has 1 aliphatic heterocycles. The molecule has 1 N–H and O–H groups in total. The van der Waals surface area contributed by atoms with Crippen molar-refractivity contribution in [3.05, 3.63) is 41.8 Å². The summed E-state index contributed by atoms with van der Waals surface area (Å²) in [6.45, 7) is 2.06. The van der Waals surface area contributed by atoms with Crippen molar-refractivity contribution < 1.29 is 4.52 Å². The van der Waals surface area contributed by atoms with Crippen LogP contribution in [0.2, 0.25) is 0 Å². The summed E-state index contributed by atoms with van der Waals surface area (Å²) in [4.78, 5) is 8.61. The van der Waals surface area contributed by atoms with Crippen molar-refractivity contribution in [3.8, 4) is 0 Å². The van der Waals surface area contributed by atoms with Crippen molar-refractivity contribution >= 4 is 0 Å². The molecule has 1 aliphatic rings. The second-order valence-electron chi connectivity index (χ2n) is 4.95. The number of nitrogens with one attached hydrogen (secondary N) is 1. The van der Waals surface area contributed by atoms with Gasteiger partial charge in [-0.3, -0.25) is 4.98 Å². The zero-order valence-corrected chi connectivity index (χ0v) is 10.9. The topological polar surface area (TPSA) is 63.8 Å². The van der Waals surface area contributed by atoms with Gasteiger partial charge in [-0.25, -0.2) is 0 Å². The average Bonchev–Trinajstić information content (AvgIpc) is 2.96. The Morgan fingerprint density at radius 3 is 3.16 bits per heavy atom. The molecular formula is C14H18N4O. The van der Waals surface area contributed by atoms with Crippen molar-refractivity contribution in [3.63, 3.8) is 0 Å². The van der Waals surface area contributed by atoms with Crippen LogP contribution < -0.4 is 5.32 Å². The molecule has 0 aromatic carbocycles. The first-order chi connectivity index (χ1) is 9.42. The van der Waals surface area contributed by atoms with E-state index in [4.69, 9.17) is 4.52 Å². The van der Waals surface area contributed by atoms with Crippen molar-refractivity contribution in [2.75, 3.05) is 13.1 Å². The van der Waals surface area contributed by atoms with Crippen LogP contribution in [0.25, 0.3) is 0 Å². The third-order valence-corrected chi connectivity index (χ3v) is 3.50. The number of piperidine rings is 1. The first-order valence-corrected chi connectivity index (χ1v) is 6.84.